The van der Waals surface area contributed by atoms with Crippen LogP contribution in [0.25, 0.3) is 6.08 Å². The van der Waals surface area contributed by atoms with E-state index in [-0.39, 0.29) is 19.2 Å². The summed E-state index contributed by atoms with van der Waals surface area (Å²) < 4.78 is 10.5. The van der Waals surface area contributed by atoms with Gasteiger partial charge in [-0.05, 0) is 35.2 Å². The summed E-state index contributed by atoms with van der Waals surface area (Å²) in [7, 11) is 0. The highest BCUT2D eigenvalue weighted by atomic mass is 32.1. The van der Waals surface area contributed by atoms with Gasteiger partial charge in [-0.25, -0.2) is 0 Å². The fourth-order valence-electron chi connectivity index (χ4n) is 2.03. The molecule has 2 N–H and O–H groups in total. The van der Waals surface area contributed by atoms with Gasteiger partial charge in [0.15, 0.2) is 11.5 Å². The van der Waals surface area contributed by atoms with Crippen LogP contribution in [0.2, 0.25) is 0 Å². The van der Waals surface area contributed by atoms with Gasteiger partial charge in [0.2, 0.25) is 12.7 Å². The number of aliphatic hydroxyl groups excluding tert-OH is 1. The summed E-state index contributed by atoms with van der Waals surface area (Å²) in [6.07, 6.45) is 2.44. The van der Waals surface area contributed by atoms with E-state index in [0.29, 0.717) is 11.5 Å². The third-order valence-corrected chi connectivity index (χ3v) is 4.14. The maximum Gasteiger partial charge on any atom is 0.244 e. The molecule has 6 heteroatoms. The summed E-state index contributed by atoms with van der Waals surface area (Å²) in [4.78, 5) is 12.6. The van der Waals surface area contributed by atoms with E-state index in [1.807, 2.05) is 29.6 Å². The van der Waals surface area contributed by atoms with Crippen molar-refractivity contribution in [2.45, 2.75) is 6.10 Å². The van der Waals surface area contributed by atoms with Gasteiger partial charge in [0.25, 0.3) is 0 Å². The molecular formula is C16H15NO4S. The molecule has 114 valence electrons. The Morgan fingerprint density at radius 2 is 2.23 bits per heavy atom. The van der Waals surface area contributed by atoms with Crippen molar-refractivity contribution in [1.29, 1.82) is 0 Å². The zero-order valence-corrected chi connectivity index (χ0v) is 12.5. The maximum atomic E-state index is 11.8. The Labute approximate surface area is 131 Å². The largest absolute Gasteiger partial charge is 0.454 e. The van der Waals surface area contributed by atoms with Crippen LogP contribution in [0.5, 0.6) is 11.5 Å². The van der Waals surface area contributed by atoms with Crippen LogP contribution in [-0.4, -0.2) is 24.4 Å². The van der Waals surface area contributed by atoms with Crippen molar-refractivity contribution >= 4 is 23.3 Å². The molecule has 1 atom stereocenters. The zero-order chi connectivity index (χ0) is 15.4. The van der Waals surface area contributed by atoms with E-state index in [2.05, 4.69) is 5.32 Å². The van der Waals surface area contributed by atoms with E-state index < -0.39 is 6.10 Å². The zero-order valence-electron chi connectivity index (χ0n) is 11.7. The molecule has 0 saturated carbocycles. The van der Waals surface area contributed by atoms with E-state index in [9.17, 15) is 9.90 Å². The Morgan fingerprint density at radius 3 is 3.05 bits per heavy atom. The van der Waals surface area contributed by atoms with Crippen LogP contribution < -0.4 is 14.8 Å². The number of nitrogens with one attached hydrogen (secondary N) is 1. The van der Waals surface area contributed by atoms with Crippen LogP contribution in [-0.2, 0) is 4.79 Å². The van der Waals surface area contributed by atoms with E-state index in [1.165, 1.54) is 17.4 Å². The first kappa shape index (κ1) is 14.6. The number of carbonyl (C=O) groups excluding carboxylic acids is 1. The second kappa shape index (κ2) is 6.64. The molecular weight excluding hydrogens is 302 g/mol. The molecule has 0 bridgehead atoms. The number of hydrogen-bond donors (Lipinski definition) is 2. The smallest absolute Gasteiger partial charge is 0.244 e. The number of rotatable bonds is 5. The van der Waals surface area contributed by atoms with Gasteiger partial charge in [0.1, 0.15) is 6.10 Å². The second-order valence-corrected chi connectivity index (χ2v) is 5.70. The number of benzene rings is 1. The topological polar surface area (TPSA) is 67.8 Å². The van der Waals surface area contributed by atoms with E-state index in [1.54, 1.807) is 12.1 Å². The lowest BCUT2D eigenvalue weighted by Gasteiger charge is -2.08. The van der Waals surface area contributed by atoms with Crippen LogP contribution in [0.15, 0.2) is 41.8 Å². The molecule has 2 heterocycles. The van der Waals surface area contributed by atoms with Crippen LogP contribution in [0.4, 0.5) is 0 Å². The van der Waals surface area contributed by atoms with Crippen LogP contribution >= 0.6 is 11.3 Å². The number of thiophene rings is 1. The van der Waals surface area contributed by atoms with Crippen molar-refractivity contribution in [2.75, 3.05) is 13.3 Å². The summed E-state index contributed by atoms with van der Waals surface area (Å²) in [5, 5.41) is 14.4. The Hall–Kier alpha value is -2.31. The molecule has 1 unspecified atom stereocenters. The summed E-state index contributed by atoms with van der Waals surface area (Å²) in [6, 6.07) is 9.17. The summed E-state index contributed by atoms with van der Waals surface area (Å²) in [5.74, 6) is 1.13. The van der Waals surface area contributed by atoms with E-state index >= 15 is 0 Å². The molecule has 0 fully saturated rings. The third-order valence-electron chi connectivity index (χ3n) is 3.17. The molecule has 2 aromatic rings. The molecule has 0 spiro atoms. The SMILES string of the molecule is O=C(/C=C/c1ccc2c(c1)OCO2)NCC(O)c1cccs1. The molecule has 1 aromatic carbocycles. The number of fused-ring (bicyclic) bond motifs is 1. The lowest BCUT2D eigenvalue weighted by Crippen LogP contribution is -2.26. The Bertz CT molecular complexity index is 681. The summed E-state index contributed by atoms with van der Waals surface area (Å²) in [6.45, 7) is 0.411. The molecule has 3 rings (SSSR count). The van der Waals surface area contributed by atoms with Gasteiger partial charge < -0.3 is 19.9 Å². The molecule has 0 saturated heterocycles. The Kier molecular flexibility index (Phi) is 4.41. The first-order valence-electron chi connectivity index (χ1n) is 6.79. The van der Waals surface area contributed by atoms with Crippen LogP contribution in [0, 0.1) is 0 Å². The van der Waals surface area contributed by atoms with Gasteiger partial charge in [0.05, 0.1) is 0 Å². The highest BCUT2D eigenvalue weighted by Gasteiger charge is 2.12. The van der Waals surface area contributed by atoms with Crippen molar-refractivity contribution in [3.8, 4) is 11.5 Å². The average molecular weight is 317 g/mol. The van der Waals surface area contributed by atoms with Crippen molar-refractivity contribution in [3.63, 3.8) is 0 Å². The highest BCUT2D eigenvalue weighted by Crippen LogP contribution is 2.32. The normalized spacial score (nSPS) is 14.2. The number of amides is 1. The van der Waals surface area contributed by atoms with Gasteiger partial charge in [-0.2, -0.15) is 0 Å². The molecule has 0 radical (unpaired) electrons. The standard InChI is InChI=1S/C16H15NO4S/c18-12(15-2-1-7-22-15)9-17-16(19)6-4-11-3-5-13-14(8-11)21-10-20-13/h1-8,12,18H,9-10H2,(H,17,19)/b6-4+. The monoisotopic (exact) mass is 317 g/mol. The van der Waals surface area contributed by atoms with Crippen molar-refractivity contribution < 1.29 is 19.4 Å². The summed E-state index contributed by atoms with van der Waals surface area (Å²) >= 11 is 1.46. The minimum Gasteiger partial charge on any atom is -0.454 e. The lowest BCUT2D eigenvalue weighted by molar-refractivity contribution is -0.116. The van der Waals surface area contributed by atoms with Gasteiger partial charge in [-0.1, -0.05) is 12.1 Å². The third kappa shape index (κ3) is 3.47. The number of hydrogen-bond acceptors (Lipinski definition) is 5. The molecule has 5 nitrogen and oxygen atoms in total. The van der Waals surface area contributed by atoms with Crippen LogP contribution in [0.3, 0.4) is 0 Å². The van der Waals surface area contributed by atoms with Crippen molar-refractivity contribution in [1.82, 2.24) is 5.32 Å². The summed E-state index contributed by atoms with van der Waals surface area (Å²) in [5.41, 5.74) is 0.846. The molecule has 1 aromatic heterocycles. The maximum absolute atomic E-state index is 11.8. The minimum absolute atomic E-state index is 0.185. The Morgan fingerprint density at radius 1 is 1.36 bits per heavy atom. The fraction of sp³-hybridized carbons (Fsp3) is 0.188. The fourth-order valence-corrected chi connectivity index (χ4v) is 2.74. The van der Waals surface area contributed by atoms with E-state index in [4.69, 9.17) is 9.47 Å². The van der Waals surface area contributed by atoms with Gasteiger partial charge in [-0.15, -0.1) is 11.3 Å². The molecule has 1 amide bonds. The van der Waals surface area contributed by atoms with E-state index in [0.717, 1.165) is 10.4 Å². The van der Waals surface area contributed by atoms with Gasteiger partial charge in [-0.3, -0.25) is 4.79 Å². The Balaban J connectivity index is 1.53. The number of ether oxygens (including phenoxy) is 2. The first-order chi connectivity index (χ1) is 10.7. The predicted octanol–water partition coefficient (Wildman–Crippen LogP) is 2.34. The average Bonchev–Trinajstić information content (AvgIpc) is 3.20. The minimum atomic E-state index is -0.678. The lowest BCUT2D eigenvalue weighted by atomic mass is 10.2. The second-order valence-electron chi connectivity index (χ2n) is 4.72. The van der Waals surface area contributed by atoms with Gasteiger partial charge in [0, 0.05) is 17.5 Å². The molecule has 0 aliphatic carbocycles. The number of carbonyl (C=O) groups is 1. The first-order valence-corrected chi connectivity index (χ1v) is 7.67. The number of aliphatic hydroxyl groups is 1. The van der Waals surface area contributed by atoms with Crippen molar-refractivity contribution in [2.24, 2.45) is 0 Å². The van der Waals surface area contributed by atoms with Gasteiger partial charge >= 0.3 is 0 Å². The highest BCUT2D eigenvalue weighted by molar-refractivity contribution is 7.10. The van der Waals surface area contributed by atoms with Crippen molar-refractivity contribution in [3.05, 3.63) is 52.2 Å². The van der Waals surface area contributed by atoms with Crippen LogP contribution in [0.1, 0.15) is 16.5 Å². The predicted molar refractivity (Wildman–Crippen MR) is 83.9 cm³/mol. The molecule has 1 aliphatic rings. The molecule has 1 aliphatic heterocycles. The quantitative estimate of drug-likeness (QED) is 0.831. The molecule has 22 heavy (non-hydrogen) atoms.